The number of urea groups is 2. The van der Waals surface area contributed by atoms with Gasteiger partial charge in [0.05, 0.1) is 36.9 Å². The van der Waals surface area contributed by atoms with Crippen molar-refractivity contribution in [1.82, 2.24) is 19.2 Å². The highest BCUT2D eigenvalue weighted by atomic mass is 32.2. The third-order valence-electron chi connectivity index (χ3n) is 14.9. The predicted molar refractivity (Wildman–Crippen MR) is 224 cm³/mol. The molecule has 2 aromatic rings. The monoisotopic (exact) mass is 850 g/mol. The minimum atomic E-state index is -3.93. The first-order valence-corrected chi connectivity index (χ1v) is 25.1. The SMILES string of the molecule is CCN1CC2(COC(CS(=O)(=O)NC(=O)Nc3c4c(cc5c3CC(C3Cc6cc7c(c(NC(=O)NS(=O)(=O)CC8CC9(CO8)CN(C)C9)c6C3)CCC7)C5)CCC4)C2)C1. The number of fused-ring (bicyclic) bond motifs is 4. The van der Waals surface area contributed by atoms with E-state index in [1.54, 1.807) is 0 Å². The van der Waals surface area contributed by atoms with E-state index in [2.05, 4.69) is 48.9 Å². The quantitative estimate of drug-likeness (QED) is 0.277. The molecule has 4 aliphatic heterocycles. The smallest absolute Gasteiger partial charge is 0.332 e. The van der Waals surface area contributed by atoms with Crippen molar-refractivity contribution in [2.24, 2.45) is 22.7 Å². The number of likely N-dealkylation sites (tertiary alicyclic amines) is 2. The van der Waals surface area contributed by atoms with Crippen molar-refractivity contribution < 1.29 is 35.9 Å². The van der Waals surface area contributed by atoms with Gasteiger partial charge in [-0.15, -0.1) is 0 Å². The van der Waals surface area contributed by atoms with Gasteiger partial charge in [-0.25, -0.2) is 35.9 Å². The van der Waals surface area contributed by atoms with Crippen LogP contribution in [0.4, 0.5) is 21.0 Å². The van der Waals surface area contributed by atoms with Gasteiger partial charge in [0, 0.05) is 48.4 Å². The maximum Gasteiger partial charge on any atom is 0.332 e. The number of ether oxygens (including phenoxy) is 2. The first-order chi connectivity index (χ1) is 28.2. The topological polar surface area (TPSA) is 175 Å². The average molecular weight is 851 g/mol. The molecule has 4 aliphatic carbocycles. The Morgan fingerprint density at radius 3 is 1.56 bits per heavy atom. The highest BCUT2D eigenvalue weighted by molar-refractivity contribution is 7.90. The molecule has 4 N–H and O–H groups in total. The van der Waals surface area contributed by atoms with E-state index >= 15 is 0 Å². The van der Waals surface area contributed by atoms with E-state index in [-0.39, 0.29) is 34.2 Å². The van der Waals surface area contributed by atoms with E-state index in [4.69, 9.17) is 9.47 Å². The Hall–Kier alpha value is -3.28. The summed E-state index contributed by atoms with van der Waals surface area (Å²) in [5.41, 5.74) is 10.9. The molecule has 4 saturated heterocycles. The second kappa shape index (κ2) is 14.7. The third-order valence-corrected chi connectivity index (χ3v) is 17.5. The summed E-state index contributed by atoms with van der Waals surface area (Å²) in [4.78, 5) is 31.5. The number of anilines is 2. The Labute approximate surface area is 348 Å². The molecular formula is C43H58N6O8S2. The van der Waals surface area contributed by atoms with Crippen LogP contribution in [0.5, 0.6) is 0 Å². The summed E-state index contributed by atoms with van der Waals surface area (Å²) in [6.07, 6.45) is 9.24. The Bertz CT molecular complexity index is 2310. The fourth-order valence-corrected chi connectivity index (χ4v) is 14.8. The summed E-state index contributed by atoms with van der Waals surface area (Å²) in [7, 11) is -5.82. The molecule has 2 aromatic carbocycles. The van der Waals surface area contributed by atoms with Gasteiger partial charge in [0.15, 0.2) is 0 Å². The van der Waals surface area contributed by atoms with E-state index in [0.717, 1.165) is 131 Å². The van der Waals surface area contributed by atoms with E-state index < -0.39 is 44.3 Å². The Morgan fingerprint density at radius 1 is 0.661 bits per heavy atom. The van der Waals surface area contributed by atoms with Gasteiger partial charge >= 0.3 is 12.1 Å². The van der Waals surface area contributed by atoms with Gasteiger partial charge in [-0.3, -0.25) is 0 Å². The molecule has 4 fully saturated rings. The van der Waals surface area contributed by atoms with Crippen LogP contribution >= 0.6 is 0 Å². The fraction of sp³-hybridized carbons (Fsp3) is 0.674. The highest BCUT2D eigenvalue weighted by Crippen LogP contribution is 2.48. The molecule has 14 nitrogen and oxygen atoms in total. The standard InChI is InChI=1S/C43H58N6O8S2/c1-3-49-22-43(23-49)17-33(57-25-43)19-59(54,55)47-41(51)45-39-35-9-5-7-27(35)11-31-13-29(15-37(31)39)28-12-30-10-26-6-4-8-34(26)38(36(30)14-28)44-40(50)46-58(52,53)18-32-16-42(24-56-32)20-48(2)21-42/h10-11,28-29,32-33H,3-9,12-25H2,1-2H3,(H2,44,46,50)(H2,45,47,51). The molecule has 2 spiro atoms. The predicted octanol–water partition coefficient (Wildman–Crippen LogP) is 3.53. The van der Waals surface area contributed by atoms with Crippen LogP contribution in [0.15, 0.2) is 12.1 Å². The molecule has 0 saturated carbocycles. The van der Waals surface area contributed by atoms with Gasteiger partial charge < -0.3 is 29.9 Å². The molecule has 0 bridgehead atoms. The van der Waals surface area contributed by atoms with E-state index in [0.29, 0.717) is 26.1 Å². The van der Waals surface area contributed by atoms with Gasteiger partial charge in [-0.1, -0.05) is 19.1 Å². The van der Waals surface area contributed by atoms with Crippen LogP contribution in [0, 0.1) is 22.7 Å². The number of carbonyl (C=O) groups is 2. The number of aryl methyl sites for hydroxylation is 2. The lowest BCUT2D eigenvalue weighted by Gasteiger charge is -2.47. The van der Waals surface area contributed by atoms with Crippen LogP contribution in [0.1, 0.15) is 77.1 Å². The Kier molecular flexibility index (Phi) is 9.91. The number of carbonyl (C=O) groups excluding carboxylic acids is 2. The lowest BCUT2D eigenvalue weighted by Crippen LogP contribution is -2.56. The summed E-state index contributed by atoms with van der Waals surface area (Å²) >= 11 is 0. The van der Waals surface area contributed by atoms with Gasteiger partial charge in [0.1, 0.15) is 0 Å². The largest absolute Gasteiger partial charge is 0.376 e. The summed E-state index contributed by atoms with van der Waals surface area (Å²) in [6, 6.07) is 3.15. The molecule has 4 unspecified atom stereocenters. The normalized spacial score (nSPS) is 27.6. The van der Waals surface area contributed by atoms with E-state index in [1.165, 1.54) is 22.3 Å². The van der Waals surface area contributed by atoms with E-state index in [9.17, 15) is 26.4 Å². The van der Waals surface area contributed by atoms with Crippen LogP contribution in [0.3, 0.4) is 0 Å². The zero-order valence-electron chi connectivity index (χ0n) is 34.3. The third kappa shape index (κ3) is 7.68. The number of hydrogen-bond donors (Lipinski definition) is 4. The zero-order chi connectivity index (χ0) is 40.9. The van der Waals surface area contributed by atoms with Gasteiger partial charge in [0.25, 0.3) is 0 Å². The number of nitrogens with zero attached hydrogens (tertiary/aromatic N) is 2. The second-order valence-electron chi connectivity index (χ2n) is 19.5. The summed E-state index contributed by atoms with van der Waals surface area (Å²) in [5.74, 6) is 0.0931. The molecule has 10 rings (SSSR count). The van der Waals surface area contributed by atoms with Crippen molar-refractivity contribution in [3.63, 3.8) is 0 Å². The van der Waals surface area contributed by atoms with E-state index in [1.807, 2.05) is 7.05 Å². The van der Waals surface area contributed by atoms with Crippen molar-refractivity contribution in [1.29, 1.82) is 0 Å². The number of amides is 4. The molecule has 0 radical (unpaired) electrons. The fourth-order valence-electron chi connectivity index (χ4n) is 12.5. The van der Waals surface area contributed by atoms with Crippen molar-refractivity contribution >= 4 is 43.5 Å². The number of rotatable bonds is 10. The molecule has 16 heteroatoms. The maximum absolute atomic E-state index is 13.5. The number of sulfonamides is 2. The number of hydrogen-bond acceptors (Lipinski definition) is 10. The molecule has 59 heavy (non-hydrogen) atoms. The number of benzene rings is 2. The summed E-state index contributed by atoms with van der Waals surface area (Å²) < 4.78 is 69.3. The summed E-state index contributed by atoms with van der Waals surface area (Å²) in [5, 5.41) is 6.05. The lowest BCUT2D eigenvalue weighted by molar-refractivity contribution is -0.00445. The molecule has 320 valence electrons. The number of nitrogens with one attached hydrogen (secondary N) is 4. The van der Waals surface area contributed by atoms with Crippen LogP contribution in [0.2, 0.25) is 0 Å². The van der Waals surface area contributed by atoms with Gasteiger partial charge in [0.2, 0.25) is 20.0 Å². The van der Waals surface area contributed by atoms with Crippen molar-refractivity contribution in [3.8, 4) is 0 Å². The maximum atomic E-state index is 13.5. The van der Waals surface area contributed by atoms with Crippen molar-refractivity contribution in [2.75, 3.05) is 75.1 Å². The van der Waals surface area contributed by atoms with Crippen LogP contribution in [-0.2, 0) is 80.9 Å². The Balaban J connectivity index is 0.802. The minimum absolute atomic E-state index is 0.0249. The van der Waals surface area contributed by atoms with Crippen LogP contribution < -0.4 is 20.1 Å². The molecule has 4 atom stereocenters. The molecular weight excluding hydrogens is 793 g/mol. The lowest BCUT2D eigenvalue weighted by atomic mass is 9.78. The van der Waals surface area contributed by atoms with Gasteiger partial charge in [-0.2, -0.15) is 0 Å². The first-order valence-electron chi connectivity index (χ1n) is 21.8. The van der Waals surface area contributed by atoms with Crippen LogP contribution in [-0.4, -0.2) is 115 Å². The molecule has 4 heterocycles. The minimum Gasteiger partial charge on any atom is -0.376 e. The van der Waals surface area contributed by atoms with Crippen molar-refractivity contribution in [3.05, 3.63) is 56.6 Å². The van der Waals surface area contributed by atoms with Crippen LogP contribution in [0.25, 0.3) is 0 Å². The Morgan fingerprint density at radius 2 is 1.12 bits per heavy atom. The first kappa shape index (κ1) is 39.8. The average Bonchev–Trinajstić information content (AvgIpc) is 3.98. The van der Waals surface area contributed by atoms with Crippen molar-refractivity contribution in [2.45, 2.75) is 96.2 Å². The van der Waals surface area contributed by atoms with Gasteiger partial charge in [-0.05, 0) is 147 Å². The zero-order valence-corrected chi connectivity index (χ0v) is 35.9. The molecule has 4 amide bonds. The summed E-state index contributed by atoms with van der Waals surface area (Å²) in [6.45, 7) is 7.84. The highest BCUT2D eigenvalue weighted by Gasteiger charge is 2.50. The second-order valence-corrected chi connectivity index (χ2v) is 23.1. The molecule has 8 aliphatic rings. The molecule has 0 aromatic heterocycles.